The molecule has 0 aliphatic carbocycles. The first-order valence-electron chi connectivity index (χ1n) is 6.79. The molecule has 1 heterocycles. The molecule has 0 saturated carbocycles. The predicted octanol–water partition coefficient (Wildman–Crippen LogP) is 3.17. The van der Waals surface area contributed by atoms with E-state index in [-0.39, 0.29) is 0 Å². The maximum atomic E-state index is 6.19. The molecule has 0 spiro atoms. The van der Waals surface area contributed by atoms with Gasteiger partial charge in [0.25, 0.3) is 0 Å². The van der Waals surface area contributed by atoms with Gasteiger partial charge in [-0.2, -0.15) is 0 Å². The van der Waals surface area contributed by atoms with Gasteiger partial charge >= 0.3 is 0 Å². The van der Waals surface area contributed by atoms with E-state index in [4.69, 9.17) is 16.3 Å². The van der Waals surface area contributed by atoms with Crippen LogP contribution in [0.5, 0.6) is 0 Å². The van der Waals surface area contributed by atoms with Crippen molar-refractivity contribution < 1.29 is 4.74 Å². The first-order chi connectivity index (χ1) is 10.2. The maximum absolute atomic E-state index is 6.19. The Morgan fingerprint density at radius 2 is 2.19 bits per heavy atom. The lowest BCUT2D eigenvalue weighted by atomic mass is 10.2. The van der Waals surface area contributed by atoms with Gasteiger partial charge in [-0.25, -0.2) is 4.98 Å². The van der Waals surface area contributed by atoms with Crippen LogP contribution in [0.1, 0.15) is 10.4 Å². The van der Waals surface area contributed by atoms with Crippen LogP contribution >= 0.6 is 22.9 Å². The van der Waals surface area contributed by atoms with Gasteiger partial charge in [0, 0.05) is 49.9 Å². The SMILES string of the molecule is COCCNCc1cnc(N(C)Cc2ccccc2Cl)s1. The third-order valence-electron chi connectivity index (χ3n) is 3.02. The number of hydrogen-bond donors (Lipinski definition) is 1. The highest BCUT2D eigenvalue weighted by Crippen LogP contribution is 2.24. The van der Waals surface area contributed by atoms with E-state index in [1.807, 2.05) is 37.5 Å². The Labute approximate surface area is 134 Å². The molecule has 1 aromatic heterocycles. The molecule has 4 nitrogen and oxygen atoms in total. The number of thiazole rings is 1. The first kappa shape index (κ1) is 16.2. The largest absolute Gasteiger partial charge is 0.383 e. The van der Waals surface area contributed by atoms with E-state index >= 15 is 0 Å². The normalized spacial score (nSPS) is 10.8. The molecule has 0 atom stereocenters. The highest BCUT2D eigenvalue weighted by molar-refractivity contribution is 7.15. The van der Waals surface area contributed by atoms with E-state index in [9.17, 15) is 0 Å². The topological polar surface area (TPSA) is 37.4 Å². The summed E-state index contributed by atoms with van der Waals surface area (Å²) in [6.07, 6.45) is 1.92. The summed E-state index contributed by atoms with van der Waals surface area (Å²) >= 11 is 7.89. The number of aromatic nitrogens is 1. The molecule has 0 aliphatic rings. The molecule has 0 amide bonds. The van der Waals surface area contributed by atoms with Crippen molar-refractivity contribution >= 4 is 28.1 Å². The average Bonchev–Trinajstić information content (AvgIpc) is 2.95. The Kier molecular flexibility index (Phi) is 6.45. The number of anilines is 1. The lowest BCUT2D eigenvalue weighted by molar-refractivity contribution is 0.199. The quantitative estimate of drug-likeness (QED) is 0.756. The molecule has 2 rings (SSSR count). The van der Waals surface area contributed by atoms with Gasteiger partial charge in [0.15, 0.2) is 5.13 Å². The smallest absolute Gasteiger partial charge is 0.185 e. The molecule has 6 heteroatoms. The zero-order chi connectivity index (χ0) is 15.1. The van der Waals surface area contributed by atoms with Crippen LogP contribution in [-0.2, 0) is 17.8 Å². The van der Waals surface area contributed by atoms with Gasteiger partial charge in [0.1, 0.15) is 0 Å². The maximum Gasteiger partial charge on any atom is 0.185 e. The number of nitrogens with zero attached hydrogens (tertiary/aromatic N) is 2. The van der Waals surface area contributed by atoms with Crippen LogP contribution in [0.2, 0.25) is 5.02 Å². The molecule has 0 bridgehead atoms. The lowest BCUT2D eigenvalue weighted by Crippen LogP contribution is -2.17. The fourth-order valence-corrected chi connectivity index (χ4v) is 2.93. The second kappa shape index (κ2) is 8.34. The van der Waals surface area contributed by atoms with E-state index in [1.165, 1.54) is 4.88 Å². The van der Waals surface area contributed by atoms with Crippen LogP contribution in [-0.4, -0.2) is 32.3 Å². The molecule has 0 aliphatic heterocycles. The highest BCUT2D eigenvalue weighted by Gasteiger charge is 2.09. The van der Waals surface area contributed by atoms with Crippen molar-refractivity contribution in [1.82, 2.24) is 10.3 Å². The molecule has 1 N–H and O–H groups in total. The molecular formula is C15H20ClN3OS. The summed E-state index contributed by atoms with van der Waals surface area (Å²) < 4.78 is 5.01. The van der Waals surface area contributed by atoms with Crippen molar-refractivity contribution in [3.63, 3.8) is 0 Å². The van der Waals surface area contributed by atoms with E-state index in [0.717, 1.165) is 42.0 Å². The first-order valence-corrected chi connectivity index (χ1v) is 7.99. The van der Waals surface area contributed by atoms with Crippen LogP contribution in [0.25, 0.3) is 0 Å². The molecule has 2 aromatic rings. The third-order valence-corrected chi connectivity index (χ3v) is 4.50. The summed E-state index contributed by atoms with van der Waals surface area (Å²) in [5.74, 6) is 0. The summed E-state index contributed by atoms with van der Waals surface area (Å²) in [6, 6.07) is 7.90. The monoisotopic (exact) mass is 325 g/mol. The van der Waals surface area contributed by atoms with Crippen LogP contribution in [0.15, 0.2) is 30.5 Å². The van der Waals surface area contributed by atoms with Crippen molar-refractivity contribution in [2.24, 2.45) is 0 Å². The zero-order valence-corrected chi connectivity index (χ0v) is 13.9. The average molecular weight is 326 g/mol. The van der Waals surface area contributed by atoms with Crippen LogP contribution < -0.4 is 10.2 Å². The van der Waals surface area contributed by atoms with Gasteiger partial charge in [0.2, 0.25) is 0 Å². The summed E-state index contributed by atoms with van der Waals surface area (Å²) in [4.78, 5) is 7.80. The number of halogens is 1. The second-order valence-electron chi connectivity index (χ2n) is 4.73. The van der Waals surface area contributed by atoms with Crippen molar-refractivity contribution in [3.8, 4) is 0 Å². The number of nitrogens with one attached hydrogen (secondary N) is 1. The molecule has 0 unspecified atom stereocenters. The Balaban J connectivity index is 1.90. The Morgan fingerprint density at radius 3 is 2.95 bits per heavy atom. The van der Waals surface area contributed by atoms with Gasteiger partial charge in [0.05, 0.1) is 6.61 Å². The number of rotatable bonds is 8. The van der Waals surface area contributed by atoms with E-state index in [0.29, 0.717) is 0 Å². The third kappa shape index (κ3) is 4.97. The van der Waals surface area contributed by atoms with Crippen LogP contribution in [0, 0.1) is 0 Å². The van der Waals surface area contributed by atoms with Gasteiger partial charge < -0.3 is 15.0 Å². The lowest BCUT2D eigenvalue weighted by Gasteiger charge is -2.16. The molecule has 0 radical (unpaired) electrons. The van der Waals surface area contributed by atoms with Crippen molar-refractivity contribution in [3.05, 3.63) is 45.9 Å². The Morgan fingerprint density at radius 1 is 1.38 bits per heavy atom. The number of hydrogen-bond acceptors (Lipinski definition) is 5. The number of ether oxygens (including phenoxy) is 1. The minimum Gasteiger partial charge on any atom is -0.383 e. The standard InChI is InChI=1S/C15H20ClN3OS/c1-19(11-12-5-3-4-6-14(12)16)15-18-10-13(21-15)9-17-7-8-20-2/h3-6,10,17H,7-9,11H2,1-2H3. The molecule has 1 aromatic carbocycles. The fraction of sp³-hybridized carbons (Fsp3) is 0.400. The van der Waals surface area contributed by atoms with Gasteiger partial charge in [-0.05, 0) is 11.6 Å². The van der Waals surface area contributed by atoms with Gasteiger partial charge in [-0.1, -0.05) is 29.8 Å². The molecule has 0 saturated heterocycles. The van der Waals surface area contributed by atoms with E-state index in [1.54, 1.807) is 18.4 Å². The minimum absolute atomic E-state index is 0.720. The summed E-state index contributed by atoms with van der Waals surface area (Å²) in [5, 5.41) is 5.11. The van der Waals surface area contributed by atoms with Gasteiger partial charge in [-0.15, -0.1) is 11.3 Å². The van der Waals surface area contributed by atoms with Crippen molar-refractivity contribution in [2.75, 3.05) is 32.2 Å². The number of benzene rings is 1. The van der Waals surface area contributed by atoms with Gasteiger partial charge in [-0.3, -0.25) is 0 Å². The van der Waals surface area contributed by atoms with E-state index in [2.05, 4.69) is 15.2 Å². The number of methoxy groups -OCH3 is 1. The van der Waals surface area contributed by atoms with Crippen LogP contribution in [0.4, 0.5) is 5.13 Å². The molecular weight excluding hydrogens is 306 g/mol. The van der Waals surface area contributed by atoms with Crippen molar-refractivity contribution in [2.45, 2.75) is 13.1 Å². The summed E-state index contributed by atoms with van der Waals surface area (Å²) in [7, 11) is 3.74. The molecule has 21 heavy (non-hydrogen) atoms. The summed E-state index contributed by atoms with van der Waals surface area (Å²) in [6.45, 7) is 3.14. The van der Waals surface area contributed by atoms with Crippen LogP contribution in [0.3, 0.4) is 0 Å². The Hall–Kier alpha value is -1.14. The molecule has 114 valence electrons. The Bertz CT molecular complexity index is 561. The van der Waals surface area contributed by atoms with Crippen molar-refractivity contribution in [1.29, 1.82) is 0 Å². The zero-order valence-electron chi connectivity index (χ0n) is 12.3. The minimum atomic E-state index is 0.720. The predicted molar refractivity (Wildman–Crippen MR) is 89.3 cm³/mol. The second-order valence-corrected chi connectivity index (χ2v) is 6.23. The summed E-state index contributed by atoms with van der Waals surface area (Å²) in [5.41, 5.74) is 1.11. The van der Waals surface area contributed by atoms with E-state index < -0.39 is 0 Å². The fourth-order valence-electron chi connectivity index (χ4n) is 1.89. The molecule has 0 fully saturated rings. The highest BCUT2D eigenvalue weighted by atomic mass is 35.5.